The van der Waals surface area contributed by atoms with Crippen LogP contribution < -0.4 is 14.4 Å². The molecule has 0 bridgehead atoms. The summed E-state index contributed by atoms with van der Waals surface area (Å²) < 4.78 is 11.4. The molecule has 0 aliphatic carbocycles. The Bertz CT molecular complexity index is 1400. The standard InChI is InChI=1S/C27H23BrClNO6/c1-4-36-22-12-15(6-9-20(22)31)24-23(25(32)16-7-10-21(35-3)18(28)11-16)26(33)27(34)30(24)19-13-17(29)8-5-14(19)2/h5-13,24,31-32H,4H2,1-3H3/b25-23+. The van der Waals surface area contributed by atoms with Gasteiger partial charge in [0.25, 0.3) is 11.7 Å². The summed E-state index contributed by atoms with van der Waals surface area (Å²) in [5.74, 6) is -1.38. The lowest BCUT2D eigenvalue weighted by molar-refractivity contribution is -0.132. The van der Waals surface area contributed by atoms with Crippen LogP contribution in [0.1, 0.15) is 29.7 Å². The molecule has 1 amide bonds. The first kappa shape index (κ1) is 25.6. The number of ketones is 1. The van der Waals surface area contributed by atoms with E-state index in [9.17, 15) is 19.8 Å². The molecule has 3 aromatic carbocycles. The molecule has 1 heterocycles. The third kappa shape index (κ3) is 4.54. The zero-order valence-electron chi connectivity index (χ0n) is 19.7. The maximum absolute atomic E-state index is 13.4. The molecule has 1 atom stereocenters. The van der Waals surface area contributed by atoms with E-state index in [1.54, 1.807) is 62.4 Å². The van der Waals surface area contributed by atoms with Gasteiger partial charge in [-0.2, -0.15) is 0 Å². The number of Topliss-reactive ketones (excluding diaryl/α,β-unsaturated/α-hetero) is 1. The second kappa shape index (κ2) is 10.2. The average Bonchev–Trinajstić information content (AvgIpc) is 3.12. The fraction of sp³-hybridized carbons (Fsp3) is 0.185. The van der Waals surface area contributed by atoms with Gasteiger partial charge in [0.15, 0.2) is 11.5 Å². The summed E-state index contributed by atoms with van der Waals surface area (Å²) in [6, 6.07) is 13.4. The molecular formula is C27H23BrClNO6. The normalized spacial score (nSPS) is 16.9. The summed E-state index contributed by atoms with van der Waals surface area (Å²) >= 11 is 9.64. The van der Waals surface area contributed by atoms with Gasteiger partial charge in [0.2, 0.25) is 0 Å². The first-order valence-corrected chi connectivity index (χ1v) is 12.2. The third-order valence-electron chi connectivity index (χ3n) is 5.90. The summed E-state index contributed by atoms with van der Waals surface area (Å²) in [6.07, 6.45) is 0. The molecule has 186 valence electrons. The van der Waals surface area contributed by atoms with Crippen LogP contribution in [0.3, 0.4) is 0 Å². The highest BCUT2D eigenvalue weighted by atomic mass is 79.9. The van der Waals surface area contributed by atoms with E-state index in [1.807, 2.05) is 0 Å². The molecule has 4 rings (SSSR count). The number of phenolic OH excluding ortho intramolecular Hbond substituents is 1. The van der Waals surface area contributed by atoms with Crippen LogP contribution in [0.25, 0.3) is 5.76 Å². The van der Waals surface area contributed by atoms with Gasteiger partial charge in [-0.25, -0.2) is 0 Å². The number of halogens is 2. The van der Waals surface area contributed by atoms with Crippen molar-refractivity contribution >= 4 is 50.7 Å². The zero-order valence-corrected chi connectivity index (χ0v) is 22.1. The van der Waals surface area contributed by atoms with Gasteiger partial charge in [-0.3, -0.25) is 14.5 Å². The van der Waals surface area contributed by atoms with Crippen molar-refractivity contribution in [3.63, 3.8) is 0 Å². The maximum atomic E-state index is 13.4. The number of nitrogens with zero attached hydrogens (tertiary/aromatic N) is 1. The molecule has 3 aromatic rings. The maximum Gasteiger partial charge on any atom is 0.300 e. The van der Waals surface area contributed by atoms with Crippen molar-refractivity contribution in [3.05, 3.63) is 86.4 Å². The van der Waals surface area contributed by atoms with E-state index in [4.69, 9.17) is 21.1 Å². The molecule has 0 spiro atoms. The predicted octanol–water partition coefficient (Wildman–Crippen LogP) is 6.15. The Morgan fingerprint density at radius 2 is 1.83 bits per heavy atom. The molecule has 1 unspecified atom stereocenters. The number of anilines is 1. The van der Waals surface area contributed by atoms with Crippen molar-refractivity contribution in [2.45, 2.75) is 19.9 Å². The Hall–Kier alpha value is -3.49. The number of carbonyl (C=O) groups is 2. The van der Waals surface area contributed by atoms with Gasteiger partial charge in [0.05, 0.1) is 29.8 Å². The number of aliphatic hydroxyl groups excluding tert-OH is 1. The minimum Gasteiger partial charge on any atom is -0.507 e. The minimum atomic E-state index is -1.01. The van der Waals surface area contributed by atoms with Crippen LogP contribution in [0.5, 0.6) is 17.2 Å². The van der Waals surface area contributed by atoms with Crippen molar-refractivity contribution in [1.82, 2.24) is 0 Å². The van der Waals surface area contributed by atoms with Crippen molar-refractivity contribution in [3.8, 4) is 17.2 Å². The molecule has 1 aliphatic heterocycles. The highest BCUT2D eigenvalue weighted by Gasteiger charge is 2.47. The van der Waals surface area contributed by atoms with Gasteiger partial charge in [-0.05, 0) is 83.4 Å². The fourth-order valence-corrected chi connectivity index (χ4v) is 4.89. The van der Waals surface area contributed by atoms with Crippen molar-refractivity contribution in [2.24, 2.45) is 0 Å². The average molecular weight is 573 g/mol. The van der Waals surface area contributed by atoms with E-state index in [0.29, 0.717) is 44.2 Å². The van der Waals surface area contributed by atoms with Gasteiger partial charge in [-0.1, -0.05) is 23.7 Å². The summed E-state index contributed by atoms with van der Waals surface area (Å²) in [6.45, 7) is 3.87. The molecular weight excluding hydrogens is 550 g/mol. The van der Waals surface area contributed by atoms with Crippen LogP contribution in [0, 0.1) is 6.92 Å². The van der Waals surface area contributed by atoms with Crippen molar-refractivity contribution in [2.75, 3.05) is 18.6 Å². The molecule has 1 fully saturated rings. The molecule has 0 aromatic heterocycles. The molecule has 1 saturated heterocycles. The molecule has 7 nitrogen and oxygen atoms in total. The summed E-state index contributed by atoms with van der Waals surface area (Å²) in [4.78, 5) is 28.1. The van der Waals surface area contributed by atoms with E-state index in [0.717, 1.165) is 0 Å². The third-order valence-corrected chi connectivity index (χ3v) is 6.75. The number of aliphatic hydroxyl groups is 1. The number of amides is 1. The Morgan fingerprint density at radius 3 is 2.50 bits per heavy atom. The van der Waals surface area contributed by atoms with Gasteiger partial charge in [0, 0.05) is 16.3 Å². The number of carbonyl (C=O) groups excluding carboxylic acids is 2. The minimum absolute atomic E-state index is 0.0874. The van der Waals surface area contributed by atoms with E-state index < -0.39 is 17.7 Å². The number of hydrogen-bond acceptors (Lipinski definition) is 6. The molecule has 1 aliphatic rings. The van der Waals surface area contributed by atoms with E-state index in [2.05, 4.69) is 15.9 Å². The molecule has 0 radical (unpaired) electrons. The lowest BCUT2D eigenvalue weighted by atomic mass is 9.94. The van der Waals surface area contributed by atoms with Crippen LogP contribution >= 0.6 is 27.5 Å². The quantitative estimate of drug-likeness (QED) is 0.209. The first-order valence-electron chi connectivity index (χ1n) is 11.0. The van der Waals surface area contributed by atoms with Gasteiger partial charge in [0.1, 0.15) is 11.5 Å². The predicted molar refractivity (Wildman–Crippen MR) is 141 cm³/mol. The van der Waals surface area contributed by atoms with Crippen LogP contribution in [0.4, 0.5) is 5.69 Å². The van der Waals surface area contributed by atoms with E-state index in [1.165, 1.54) is 18.1 Å². The van der Waals surface area contributed by atoms with Crippen LogP contribution in [-0.2, 0) is 9.59 Å². The Morgan fingerprint density at radius 1 is 1.08 bits per heavy atom. The Balaban J connectivity index is 1.99. The monoisotopic (exact) mass is 571 g/mol. The molecule has 9 heteroatoms. The smallest absolute Gasteiger partial charge is 0.300 e. The van der Waals surface area contributed by atoms with Gasteiger partial charge >= 0.3 is 0 Å². The fourth-order valence-electron chi connectivity index (χ4n) is 4.18. The van der Waals surface area contributed by atoms with Crippen LogP contribution in [0.15, 0.2) is 64.6 Å². The summed E-state index contributed by atoms with van der Waals surface area (Å²) in [5.41, 5.74) is 1.81. The topological polar surface area (TPSA) is 96.3 Å². The lowest BCUT2D eigenvalue weighted by Crippen LogP contribution is -2.30. The van der Waals surface area contributed by atoms with E-state index >= 15 is 0 Å². The number of hydrogen-bond donors (Lipinski definition) is 2. The molecule has 0 saturated carbocycles. The summed E-state index contributed by atoms with van der Waals surface area (Å²) in [5, 5.41) is 22.0. The van der Waals surface area contributed by atoms with Crippen LogP contribution in [-0.4, -0.2) is 35.6 Å². The zero-order chi connectivity index (χ0) is 26.1. The Kier molecular flexibility index (Phi) is 7.28. The second-order valence-electron chi connectivity index (χ2n) is 8.11. The largest absolute Gasteiger partial charge is 0.507 e. The summed E-state index contributed by atoms with van der Waals surface area (Å²) in [7, 11) is 1.51. The van der Waals surface area contributed by atoms with Crippen molar-refractivity contribution in [1.29, 1.82) is 0 Å². The highest BCUT2D eigenvalue weighted by Crippen LogP contribution is 2.45. The number of ether oxygens (including phenoxy) is 2. The number of aryl methyl sites for hydroxylation is 1. The van der Waals surface area contributed by atoms with E-state index in [-0.39, 0.29) is 22.8 Å². The Labute approximate surface area is 221 Å². The molecule has 2 N–H and O–H groups in total. The number of aromatic hydroxyl groups is 1. The highest BCUT2D eigenvalue weighted by molar-refractivity contribution is 9.10. The van der Waals surface area contributed by atoms with Gasteiger partial charge in [-0.15, -0.1) is 0 Å². The van der Waals surface area contributed by atoms with Gasteiger partial charge < -0.3 is 19.7 Å². The number of rotatable bonds is 6. The molecule has 36 heavy (non-hydrogen) atoms. The number of benzene rings is 3. The number of methoxy groups -OCH3 is 1. The number of phenols is 1. The second-order valence-corrected chi connectivity index (χ2v) is 9.40. The lowest BCUT2D eigenvalue weighted by Gasteiger charge is -2.27. The SMILES string of the molecule is CCOc1cc(C2/C(=C(\O)c3ccc(OC)c(Br)c3)C(=O)C(=O)N2c2cc(Cl)ccc2C)ccc1O. The van der Waals surface area contributed by atoms with Crippen LogP contribution in [0.2, 0.25) is 5.02 Å². The first-order chi connectivity index (χ1) is 17.2. The van der Waals surface area contributed by atoms with Crippen molar-refractivity contribution < 1.29 is 29.3 Å².